The molecule has 9 nitrogen and oxygen atoms in total. The van der Waals surface area contributed by atoms with Crippen LogP contribution in [0.15, 0.2) is 48.5 Å². The molecule has 2 atom stereocenters. The van der Waals surface area contributed by atoms with E-state index < -0.39 is 6.17 Å². The van der Waals surface area contributed by atoms with Crippen LogP contribution in [0.25, 0.3) is 0 Å². The molecule has 30 heavy (non-hydrogen) atoms. The Morgan fingerprint density at radius 1 is 1.27 bits per heavy atom. The lowest BCUT2D eigenvalue weighted by Crippen LogP contribution is -2.53. The molecule has 2 aromatic rings. The summed E-state index contributed by atoms with van der Waals surface area (Å²) in [4.78, 5) is 27.2. The summed E-state index contributed by atoms with van der Waals surface area (Å²) in [6.45, 7) is 1.48. The smallest absolute Gasteiger partial charge is 0.254 e. The van der Waals surface area contributed by atoms with Gasteiger partial charge in [0.25, 0.3) is 11.8 Å². The Balaban J connectivity index is 1.64. The van der Waals surface area contributed by atoms with E-state index >= 15 is 0 Å². The van der Waals surface area contributed by atoms with E-state index in [0.717, 1.165) is 0 Å². The molecule has 2 aromatic carbocycles. The molecule has 0 radical (unpaired) electrons. The molecule has 0 bridgehead atoms. The van der Waals surface area contributed by atoms with Gasteiger partial charge in [-0.3, -0.25) is 9.59 Å². The third-order valence-electron chi connectivity index (χ3n) is 4.97. The van der Waals surface area contributed by atoms with Crippen LogP contribution in [0.1, 0.15) is 32.4 Å². The van der Waals surface area contributed by atoms with Crippen molar-refractivity contribution in [2.45, 2.75) is 12.2 Å². The molecule has 0 spiro atoms. The highest BCUT2D eigenvalue weighted by atomic mass is 16.5. The van der Waals surface area contributed by atoms with Gasteiger partial charge in [-0.1, -0.05) is 18.2 Å². The van der Waals surface area contributed by atoms with E-state index in [1.54, 1.807) is 60.5 Å². The number of morpholine rings is 1. The molecule has 5 N–H and O–H groups in total. The first-order valence-electron chi connectivity index (χ1n) is 9.59. The number of amides is 2. The van der Waals surface area contributed by atoms with Gasteiger partial charge in [-0.15, -0.1) is 0 Å². The first-order chi connectivity index (χ1) is 14.5. The average molecular weight is 414 g/mol. The number of rotatable bonds is 7. The molecule has 3 rings (SSSR count). The zero-order valence-electron chi connectivity index (χ0n) is 16.7. The minimum Gasteiger partial charge on any atom is -0.497 e. The van der Waals surface area contributed by atoms with Crippen LogP contribution in [-0.2, 0) is 4.74 Å². The molecule has 0 aliphatic carbocycles. The van der Waals surface area contributed by atoms with Gasteiger partial charge in [-0.05, 0) is 35.9 Å². The fourth-order valence-electron chi connectivity index (χ4n) is 3.24. The Morgan fingerprint density at radius 2 is 2.03 bits per heavy atom. The lowest BCUT2D eigenvalue weighted by molar-refractivity contribution is -0.00131. The van der Waals surface area contributed by atoms with E-state index in [0.29, 0.717) is 42.2 Å². The van der Waals surface area contributed by atoms with Crippen molar-refractivity contribution < 1.29 is 24.3 Å². The topological polar surface area (TPSA) is 126 Å². The second-order valence-electron chi connectivity index (χ2n) is 6.90. The average Bonchev–Trinajstić information content (AvgIpc) is 2.81. The van der Waals surface area contributed by atoms with Crippen LogP contribution < -0.4 is 21.3 Å². The van der Waals surface area contributed by atoms with Crippen LogP contribution in [0.5, 0.6) is 5.75 Å². The number of nitrogens with zero attached hydrogens (tertiary/aromatic N) is 1. The van der Waals surface area contributed by atoms with Crippen molar-refractivity contribution in [2.24, 2.45) is 5.73 Å². The zero-order valence-corrected chi connectivity index (χ0v) is 16.7. The highest BCUT2D eigenvalue weighted by Gasteiger charge is 2.28. The number of carbonyl (C=O) groups excluding carboxylic acids is 2. The van der Waals surface area contributed by atoms with E-state index in [1.165, 1.54) is 0 Å². The number of hydroxylamine groups is 1. The van der Waals surface area contributed by atoms with Gasteiger partial charge in [0.1, 0.15) is 11.9 Å². The number of nitrogens with one attached hydrogen (secondary N) is 2. The Hall–Kier alpha value is -2.98. The number of hydrogen-bond acceptors (Lipinski definition) is 7. The molecule has 9 heteroatoms. The van der Waals surface area contributed by atoms with Crippen LogP contribution in [0.4, 0.5) is 0 Å². The Labute approximate surface area is 174 Å². The minimum absolute atomic E-state index is 0.133. The normalized spacial score (nSPS) is 17.3. The Bertz CT molecular complexity index is 874. The third kappa shape index (κ3) is 5.14. The van der Waals surface area contributed by atoms with E-state index in [2.05, 4.69) is 5.32 Å². The molecule has 1 saturated heterocycles. The Kier molecular flexibility index (Phi) is 7.36. The van der Waals surface area contributed by atoms with Crippen LogP contribution in [0.3, 0.4) is 0 Å². The van der Waals surface area contributed by atoms with Crippen LogP contribution in [0, 0.1) is 0 Å². The fraction of sp³-hybridized carbons (Fsp3) is 0.333. The molecular weight excluding hydrogens is 388 g/mol. The van der Waals surface area contributed by atoms with Gasteiger partial charge >= 0.3 is 0 Å². The van der Waals surface area contributed by atoms with Gasteiger partial charge < -0.3 is 30.6 Å². The predicted molar refractivity (Wildman–Crippen MR) is 109 cm³/mol. The molecule has 1 aliphatic rings. The summed E-state index contributed by atoms with van der Waals surface area (Å²) < 4.78 is 10.7. The van der Waals surface area contributed by atoms with Crippen molar-refractivity contribution >= 4 is 11.8 Å². The van der Waals surface area contributed by atoms with Crippen LogP contribution in [0.2, 0.25) is 0 Å². The quantitative estimate of drug-likeness (QED) is 0.392. The van der Waals surface area contributed by atoms with Crippen LogP contribution in [-0.4, -0.2) is 61.4 Å². The van der Waals surface area contributed by atoms with Crippen molar-refractivity contribution in [3.8, 4) is 5.75 Å². The van der Waals surface area contributed by atoms with Crippen LogP contribution >= 0.6 is 0 Å². The minimum atomic E-state index is -0.724. The molecule has 1 heterocycles. The monoisotopic (exact) mass is 414 g/mol. The summed E-state index contributed by atoms with van der Waals surface area (Å²) in [6.07, 6.45) is -0.724. The maximum absolute atomic E-state index is 13.0. The summed E-state index contributed by atoms with van der Waals surface area (Å²) in [5.74, 6) is 0.205. The molecule has 0 aromatic heterocycles. The molecule has 1 fully saturated rings. The number of nitrogens with two attached hydrogens (primary N) is 1. The molecule has 2 amide bonds. The predicted octanol–water partition coefficient (Wildman–Crippen LogP) is 0.902. The second-order valence-corrected chi connectivity index (χ2v) is 6.90. The highest BCUT2D eigenvalue weighted by molar-refractivity contribution is 5.95. The van der Waals surface area contributed by atoms with Crippen molar-refractivity contribution in [3.05, 3.63) is 65.2 Å². The number of methoxy groups -OCH3 is 1. The Morgan fingerprint density at radius 3 is 2.73 bits per heavy atom. The van der Waals surface area contributed by atoms with Gasteiger partial charge in [-0.2, -0.15) is 5.48 Å². The standard InChI is InChI=1S/C21H26N4O5/c1-29-18-4-2-3-16(11-18)21(27)25-9-10-30-13-17(25)12-23-20(26)15-7-5-14(6-8-15)19(22)24-28/h2-8,11,17,19,24,28H,9-10,12-13,22H2,1H3,(H,23,26). The summed E-state index contributed by atoms with van der Waals surface area (Å²) in [5.41, 5.74) is 9.24. The maximum Gasteiger partial charge on any atom is 0.254 e. The van der Waals surface area contributed by atoms with Gasteiger partial charge in [-0.25, -0.2) is 0 Å². The van der Waals surface area contributed by atoms with E-state index in [1.807, 2.05) is 5.48 Å². The number of ether oxygens (including phenoxy) is 2. The van der Waals surface area contributed by atoms with Gasteiger partial charge in [0, 0.05) is 24.2 Å². The number of carbonyl (C=O) groups is 2. The van der Waals surface area contributed by atoms with Crippen molar-refractivity contribution in [1.82, 2.24) is 15.7 Å². The summed E-state index contributed by atoms with van der Waals surface area (Å²) in [6, 6.07) is 13.3. The zero-order chi connectivity index (χ0) is 21.5. The van der Waals surface area contributed by atoms with Crippen molar-refractivity contribution in [3.63, 3.8) is 0 Å². The molecular formula is C21H26N4O5. The van der Waals surface area contributed by atoms with Crippen molar-refractivity contribution in [1.29, 1.82) is 0 Å². The molecule has 1 aliphatic heterocycles. The molecule has 0 saturated carbocycles. The largest absolute Gasteiger partial charge is 0.497 e. The van der Waals surface area contributed by atoms with E-state index in [4.69, 9.17) is 20.4 Å². The van der Waals surface area contributed by atoms with E-state index in [9.17, 15) is 9.59 Å². The molecule has 160 valence electrons. The number of benzene rings is 2. The highest BCUT2D eigenvalue weighted by Crippen LogP contribution is 2.17. The van der Waals surface area contributed by atoms with Crippen molar-refractivity contribution in [2.75, 3.05) is 33.4 Å². The lowest BCUT2D eigenvalue weighted by atomic mass is 10.1. The first kappa shape index (κ1) is 21.7. The third-order valence-corrected chi connectivity index (χ3v) is 4.97. The summed E-state index contributed by atoms with van der Waals surface area (Å²) in [5, 5.41) is 11.7. The lowest BCUT2D eigenvalue weighted by Gasteiger charge is -2.35. The van der Waals surface area contributed by atoms with Gasteiger partial charge in [0.15, 0.2) is 0 Å². The van der Waals surface area contributed by atoms with Gasteiger partial charge in [0.2, 0.25) is 0 Å². The van der Waals surface area contributed by atoms with Gasteiger partial charge in [0.05, 0.1) is 26.4 Å². The summed E-state index contributed by atoms with van der Waals surface area (Å²) >= 11 is 0. The number of hydrogen-bond donors (Lipinski definition) is 4. The maximum atomic E-state index is 13.0. The second kappa shape index (κ2) is 10.2. The SMILES string of the molecule is COc1cccc(C(=O)N2CCOCC2CNC(=O)c2ccc(C(N)NO)cc2)c1. The first-order valence-corrected chi connectivity index (χ1v) is 9.59. The summed E-state index contributed by atoms with van der Waals surface area (Å²) in [7, 11) is 1.55. The van der Waals surface area contributed by atoms with E-state index in [-0.39, 0.29) is 24.4 Å². The molecule has 2 unspecified atom stereocenters. The fourth-order valence-corrected chi connectivity index (χ4v) is 3.24.